The van der Waals surface area contributed by atoms with Crippen LogP contribution in [0.15, 0.2) is 12.4 Å². The average Bonchev–Trinajstić information content (AvgIpc) is 2.84. The first-order valence-electron chi connectivity index (χ1n) is 6.70. The van der Waals surface area contributed by atoms with E-state index in [0.29, 0.717) is 11.7 Å². The quantitative estimate of drug-likeness (QED) is 0.850. The second-order valence-electron chi connectivity index (χ2n) is 5.90. The summed E-state index contributed by atoms with van der Waals surface area (Å²) in [6.45, 7) is 0. The summed E-state index contributed by atoms with van der Waals surface area (Å²) >= 11 is 0. The molecule has 0 aromatic carbocycles. The molecule has 4 atom stereocenters. The van der Waals surface area contributed by atoms with Crippen LogP contribution in [-0.2, 0) is 0 Å². The minimum Gasteiger partial charge on any atom is -0.365 e. The van der Waals surface area contributed by atoms with Crippen LogP contribution in [0, 0.1) is 23.7 Å². The Bertz CT molecular complexity index is 606. The molecule has 0 spiro atoms. The van der Waals surface area contributed by atoms with E-state index in [9.17, 15) is 0 Å². The van der Waals surface area contributed by atoms with Gasteiger partial charge >= 0.3 is 0 Å². The second-order valence-corrected chi connectivity index (χ2v) is 5.90. The highest BCUT2D eigenvalue weighted by Gasteiger charge is 2.65. The van der Waals surface area contributed by atoms with E-state index in [1.807, 2.05) is 6.20 Å². The summed E-state index contributed by atoms with van der Waals surface area (Å²) in [5.74, 6) is 4.67. The molecular weight excluding hydrogens is 228 g/mol. The zero-order valence-electron chi connectivity index (χ0n) is 9.90. The Morgan fingerprint density at radius 2 is 2.00 bits per heavy atom. The summed E-state index contributed by atoms with van der Waals surface area (Å²) in [6, 6.07) is 0.632. The van der Waals surface area contributed by atoms with Crippen molar-refractivity contribution >= 4 is 11.5 Å². The Morgan fingerprint density at radius 3 is 2.83 bits per heavy atom. The number of aromatic nitrogens is 5. The summed E-state index contributed by atoms with van der Waals surface area (Å²) in [5, 5.41) is 15.2. The topological polar surface area (TPSA) is 68.0 Å². The van der Waals surface area contributed by atoms with E-state index >= 15 is 0 Å². The van der Waals surface area contributed by atoms with Crippen LogP contribution < -0.4 is 5.32 Å². The SMILES string of the molecule is c1ncc2nnnn2c1NC1C2C3CCC(C3)C12. The second kappa shape index (κ2) is 2.99. The summed E-state index contributed by atoms with van der Waals surface area (Å²) in [4.78, 5) is 4.19. The molecule has 0 aliphatic heterocycles. The van der Waals surface area contributed by atoms with Crippen LogP contribution in [0.3, 0.4) is 0 Å². The lowest BCUT2D eigenvalue weighted by atomic mass is 10.0. The molecule has 2 aromatic rings. The Morgan fingerprint density at radius 1 is 1.17 bits per heavy atom. The Labute approximate surface area is 104 Å². The molecule has 3 aliphatic carbocycles. The zero-order valence-corrected chi connectivity index (χ0v) is 9.90. The molecule has 18 heavy (non-hydrogen) atoms. The molecule has 3 saturated carbocycles. The van der Waals surface area contributed by atoms with E-state index in [1.54, 1.807) is 10.7 Å². The Balaban J connectivity index is 1.46. The monoisotopic (exact) mass is 242 g/mol. The number of hydrogen-bond donors (Lipinski definition) is 1. The van der Waals surface area contributed by atoms with Gasteiger partial charge in [-0.25, -0.2) is 0 Å². The maximum absolute atomic E-state index is 4.19. The Hall–Kier alpha value is -1.72. The van der Waals surface area contributed by atoms with E-state index in [1.165, 1.54) is 19.3 Å². The van der Waals surface area contributed by atoms with Crippen LogP contribution in [-0.4, -0.2) is 31.1 Å². The summed E-state index contributed by atoms with van der Waals surface area (Å²) in [7, 11) is 0. The van der Waals surface area contributed by atoms with Crippen LogP contribution in [0.1, 0.15) is 19.3 Å². The zero-order chi connectivity index (χ0) is 11.7. The lowest BCUT2D eigenvalue weighted by Crippen LogP contribution is -2.15. The third-order valence-electron chi connectivity index (χ3n) is 5.16. The summed E-state index contributed by atoms with van der Waals surface area (Å²) in [6.07, 6.45) is 7.86. The third kappa shape index (κ3) is 1.04. The molecule has 5 rings (SSSR count). The highest BCUT2D eigenvalue weighted by molar-refractivity contribution is 5.46. The normalized spacial score (nSPS) is 40.1. The van der Waals surface area contributed by atoms with Crippen molar-refractivity contribution < 1.29 is 0 Å². The van der Waals surface area contributed by atoms with Crippen molar-refractivity contribution in [2.45, 2.75) is 25.3 Å². The first kappa shape index (κ1) is 9.24. The molecule has 0 amide bonds. The van der Waals surface area contributed by atoms with E-state index in [2.05, 4.69) is 25.8 Å². The van der Waals surface area contributed by atoms with Crippen molar-refractivity contribution in [1.29, 1.82) is 0 Å². The lowest BCUT2D eigenvalue weighted by molar-refractivity contribution is 0.456. The van der Waals surface area contributed by atoms with Crippen LogP contribution in [0.25, 0.3) is 5.65 Å². The summed E-state index contributed by atoms with van der Waals surface area (Å²) in [5.41, 5.74) is 0.703. The number of nitrogens with one attached hydrogen (secondary N) is 1. The third-order valence-corrected chi connectivity index (χ3v) is 5.16. The smallest absolute Gasteiger partial charge is 0.199 e. The standard InChI is InChI=1S/C12H14N6/c1-2-7-3-6(1)10-11(7)12(10)14-8-4-13-5-9-15-16-17-18(8)9/h4-7,10-12,14H,1-3H2. The first-order chi connectivity index (χ1) is 8.92. The van der Waals surface area contributed by atoms with Gasteiger partial charge in [0.25, 0.3) is 0 Å². The maximum Gasteiger partial charge on any atom is 0.199 e. The highest BCUT2D eigenvalue weighted by atomic mass is 15.5. The van der Waals surface area contributed by atoms with Gasteiger partial charge in [-0.3, -0.25) is 4.98 Å². The minimum absolute atomic E-state index is 0.632. The molecular formula is C12H14N6. The molecule has 6 nitrogen and oxygen atoms in total. The molecule has 4 unspecified atom stereocenters. The summed E-state index contributed by atoms with van der Waals surface area (Å²) < 4.78 is 1.74. The van der Waals surface area contributed by atoms with Crippen LogP contribution in [0.5, 0.6) is 0 Å². The number of hydrogen-bond acceptors (Lipinski definition) is 5. The van der Waals surface area contributed by atoms with Gasteiger partial charge in [0.05, 0.1) is 12.4 Å². The van der Waals surface area contributed by atoms with Crippen molar-refractivity contribution in [2.75, 3.05) is 5.32 Å². The Kier molecular flexibility index (Phi) is 1.54. The fourth-order valence-electron chi connectivity index (χ4n) is 4.46. The number of anilines is 1. The number of nitrogens with zero attached hydrogens (tertiary/aromatic N) is 5. The predicted octanol–water partition coefficient (Wildman–Crippen LogP) is 0.976. The van der Waals surface area contributed by atoms with Gasteiger partial charge in [-0.2, -0.15) is 4.52 Å². The molecule has 6 heteroatoms. The van der Waals surface area contributed by atoms with Gasteiger partial charge in [-0.15, -0.1) is 5.10 Å². The van der Waals surface area contributed by atoms with E-state index < -0.39 is 0 Å². The van der Waals surface area contributed by atoms with Crippen LogP contribution >= 0.6 is 0 Å². The van der Waals surface area contributed by atoms with Gasteiger partial charge in [0.1, 0.15) is 0 Å². The van der Waals surface area contributed by atoms with Gasteiger partial charge in [0, 0.05) is 6.04 Å². The van der Waals surface area contributed by atoms with E-state index in [-0.39, 0.29) is 0 Å². The van der Waals surface area contributed by atoms with E-state index in [4.69, 9.17) is 0 Å². The van der Waals surface area contributed by atoms with Gasteiger partial charge in [-0.1, -0.05) is 0 Å². The van der Waals surface area contributed by atoms with Crippen LogP contribution in [0.4, 0.5) is 5.82 Å². The minimum atomic E-state index is 0.632. The molecule has 3 fully saturated rings. The molecule has 92 valence electrons. The molecule has 2 bridgehead atoms. The molecule has 0 saturated heterocycles. The maximum atomic E-state index is 4.19. The van der Waals surface area contributed by atoms with Crippen molar-refractivity contribution in [2.24, 2.45) is 23.7 Å². The molecule has 1 N–H and O–H groups in total. The number of tetrazole rings is 1. The molecule has 3 aliphatic rings. The number of fused-ring (bicyclic) bond motifs is 6. The first-order valence-corrected chi connectivity index (χ1v) is 6.70. The van der Waals surface area contributed by atoms with E-state index in [0.717, 1.165) is 29.5 Å². The van der Waals surface area contributed by atoms with Crippen molar-refractivity contribution in [1.82, 2.24) is 25.0 Å². The fraction of sp³-hybridized carbons (Fsp3) is 0.667. The van der Waals surface area contributed by atoms with Crippen molar-refractivity contribution in [3.63, 3.8) is 0 Å². The fourth-order valence-corrected chi connectivity index (χ4v) is 4.46. The van der Waals surface area contributed by atoms with Gasteiger partial charge in [0.15, 0.2) is 11.5 Å². The predicted molar refractivity (Wildman–Crippen MR) is 63.8 cm³/mol. The highest BCUT2D eigenvalue weighted by Crippen LogP contribution is 2.66. The van der Waals surface area contributed by atoms with Crippen LogP contribution in [0.2, 0.25) is 0 Å². The van der Waals surface area contributed by atoms with Gasteiger partial charge in [-0.05, 0) is 53.4 Å². The van der Waals surface area contributed by atoms with Crippen molar-refractivity contribution in [3.8, 4) is 0 Å². The number of rotatable bonds is 2. The lowest BCUT2D eigenvalue weighted by Gasteiger charge is -2.11. The largest absolute Gasteiger partial charge is 0.365 e. The molecule has 0 radical (unpaired) electrons. The van der Waals surface area contributed by atoms with Gasteiger partial charge < -0.3 is 5.32 Å². The van der Waals surface area contributed by atoms with Crippen molar-refractivity contribution in [3.05, 3.63) is 12.4 Å². The average molecular weight is 242 g/mol. The molecule has 2 aromatic heterocycles. The molecule has 2 heterocycles. The van der Waals surface area contributed by atoms with Gasteiger partial charge in [0.2, 0.25) is 0 Å².